The maximum atomic E-state index is 13.2. The van der Waals surface area contributed by atoms with E-state index in [4.69, 9.17) is 4.43 Å². The molecule has 0 spiro atoms. The zero-order chi connectivity index (χ0) is 21.5. The summed E-state index contributed by atoms with van der Waals surface area (Å²) in [6, 6.07) is 4.02. The lowest BCUT2D eigenvalue weighted by Gasteiger charge is -2.38. The number of carbonyl (C=O) groups excluding carboxylic acids is 1. The van der Waals surface area contributed by atoms with Crippen LogP contribution in [0.15, 0.2) is 30.9 Å². The first-order valence-electron chi connectivity index (χ1n) is 11.3. The van der Waals surface area contributed by atoms with Crippen LogP contribution in [0, 0.1) is 11.8 Å². The molecule has 0 aromatic carbocycles. The van der Waals surface area contributed by atoms with E-state index in [1.165, 1.54) is 0 Å². The Hall–Kier alpha value is -1.79. The van der Waals surface area contributed by atoms with Crippen LogP contribution in [0.4, 0.5) is 0 Å². The minimum Gasteiger partial charge on any atom is -0.417 e. The highest BCUT2D eigenvalue weighted by Crippen LogP contribution is 2.41. The highest BCUT2D eigenvalue weighted by atomic mass is 28.4. The fourth-order valence-corrected chi connectivity index (χ4v) is 5.62. The molecular formula is C24H35N3O2Si. The van der Waals surface area contributed by atoms with Crippen molar-refractivity contribution in [3.63, 3.8) is 0 Å². The number of pyridine rings is 1. The average Bonchev–Trinajstić information content (AvgIpc) is 3.29. The lowest BCUT2D eigenvalue weighted by atomic mass is 9.79. The van der Waals surface area contributed by atoms with Gasteiger partial charge in [-0.1, -0.05) is 20.8 Å². The van der Waals surface area contributed by atoms with Crippen molar-refractivity contribution in [2.24, 2.45) is 11.8 Å². The second kappa shape index (κ2) is 8.04. The van der Waals surface area contributed by atoms with E-state index in [0.29, 0.717) is 18.1 Å². The Labute approximate surface area is 181 Å². The largest absolute Gasteiger partial charge is 0.417 e. The summed E-state index contributed by atoms with van der Waals surface area (Å²) in [5.74, 6) is 1.15. The van der Waals surface area contributed by atoms with Crippen LogP contribution in [-0.2, 0) is 9.22 Å². The number of hydrogen-bond donors (Lipinski definition) is 0. The highest BCUT2D eigenvalue weighted by Gasteiger charge is 2.38. The molecule has 5 nitrogen and oxygen atoms in total. The maximum Gasteiger partial charge on any atom is 0.191 e. The van der Waals surface area contributed by atoms with Gasteiger partial charge in [0.25, 0.3) is 0 Å². The Bertz CT molecular complexity index is 907. The maximum absolute atomic E-state index is 13.2. The Morgan fingerprint density at radius 1 is 1.23 bits per heavy atom. The predicted molar refractivity (Wildman–Crippen MR) is 122 cm³/mol. The molecule has 0 radical (unpaired) electrons. The van der Waals surface area contributed by atoms with E-state index in [9.17, 15) is 4.79 Å². The summed E-state index contributed by atoms with van der Waals surface area (Å²) in [5, 5.41) is 0.248. The van der Waals surface area contributed by atoms with Gasteiger partial charge in [0.1, 0.15) is 5.78 Å². The zero-order valence-corrected chi connectivity index (χ0v) is 20.0. The molecule has 6 heteroatoms. The number of imidazole rings is 1. The van der Waals surface area contributed by atoms with Gasteiger partial charge in [-0.15, -0.1) is 0 Å². The van der Waals surface area contributed by atoms with E-state index in [2.05, 4.69) is 54.5 Å². The minimum absolute atomic E-state index is 0.00848. The molecule has 1 saturated carbocycles. The van der Waals surface area contributed by atoms with Crippen molar-refractivity contribution in [1.82, 2.24) is 14.5 Å². The Kier molecular flexibility index (Phi) is 5.75. The molecule has 3 heterocycles. The molecule has 1 aliphatic heterocycles. The van der Waals surface area contributed by atoms with Crippen LogP contribution in [-0.4, -0.2) is 35.2 Å². The number of rotatable bonds is 6. The molecule has 2 aliphatic rings. The van der Waals surface area contributed by atoms with E-state index in [1.54, 1.807) is 0 Å². The van der Waals surface area contributed by atoms with Crippen LogP contribution in [0.5, 0.6) is 0 Å². The van der Waals surface area contributed by atoms with E-state index in [0.717, 1.165) is 49.2 Å². The molecule has 1 aliphatic carbocycles. The molecule has 162 valence electrons. The summed E-state index contributed by atoms with van der Waals surface area (Å²) in [6.07, 6.45) is 10.2. The van der Waals surface area contributed by atoms with Crippen molar-refractivity contribution in [3.05, 3.63) is 36.5 Å². The molecule has 0 N–H and O–H groups in total. The standard InChI is InChI=1S/C24H35N3O2Si/c1-24(2,3)30(4,5)29-15-17-8-10-18(11-9-17)22(28)13-20-23-19(7-6-12-26-23)21-14-25-16-27(20)21/h6-7,12,14,16-18,20H,8-11,13,15H2,1-5H3. The van der Waals surface area contributed by atoms with Gasteiger partial charge in [-0.05, 0) is 61.9 Å². The molecular weight excluding hydrogens is 390 g/mol. The smallest absolute Gasteiger partial charge is 0.191 e. The second-order valence-electron chi connectivity index (χ2n) is 10.6. The number of nitrogens with zero attached hydrogens (tertiary/aromatic N) is 3. The van der Waals surface area contributed by atoms with Gasteiger partial charge in [0.15, 0.2) is 8.32 Å². The van der Waals surface area contributed by atoms with Crippen molar-refractivity contribution < 1.29 is 9.22 Å². The predicted octanol–water partition coefficient (Wildman–Crippen LogP) is 5.64. The highest BCUT2D eigenvalue weighted by molar-refractivity contribution is 6.74. The summed E-state index contributed by atoms with van der Waals surface area (Å²) in [5.41, 5.74) is 3.20. The van der Waals surface area contributed by atoms with E-state index >= 15 is 0 Å². The van der Waals surface area contributed by atoms with Gasteiger partial charge in [0.2, 0.25) is 0 Å². The number of aromatic nitrogens is 3. The van der Waals surface area contributed by atoms with Gasteiger partial charge in [-0.2, -0.15) is 0 Å². The first-order chi connectivity index (χ1) is 14.2. The molecule has 1 unspecified atom stereocenters. The fraction of sp³-hybridized carbons (Fsp3) is 0.625. The van der Waals surface area contributed by atoms with Crippen molar-refractivity contribution in [1.29, 1.82) is 0 Å². The van der Waals surface area contributed by atoms with Gasteiger partial charge in [-0.25, -0.2) is 4.98 Å². The first-order valence-corrected chi connectivity index (χ1v) is 14.2. The van der Waals surface area contributed by atoms with Gasteiger partial charge in [0, 0.05) is 30.7 Å². The molecule has 1 atom stereocenters. The van der Waals surface area contributed by atoms with Crippen molar-refractivity contribution in [2.45, 2.75) is 77.0 Å². The van der Waals surface area contributed by atoms with Crippen molar-refractivity contribution >= 4 is 14.1 Å². The van der Waals surface area contributed by atoms with Crippen LogP contribution in [0.3, 0.4) is 0 Å². The number of carbonyl (C=O) groups is 1. The third kappa shape index (κ3) is 4.04. The molecule has 0 saturated heterocycles. The van der Waals surface area contributed by atoms with E-state index in [1.807, 2.05) is 24.8 Å². The fourth-order valence-electron chi connectivity index (χ4n) is 4.54. The van der Waals surface area contributed by atoms with E-state index < -0.39 is 8.32 Å². The Morgan fingerprint density at radius 2 is 1.97 bits per heavy atom. The van der Waals surface area contributed by atoms with Crippen molar-refractivity contribution in [2.75, 3.05) is 6.61 Å². The van der Waals surface area contributed by atoms with Crippen LogP contribution >= 0.6 is 0 Å². The normalized spacial score (nSPS) is 23.8. The van der Waals surface area contributed by atoms with Crippen molar-refractivity contribution in [3.8, 4) is 11.3 Å². The summed E-state index contributed by atoms with van der Waals surface area (Å²) in [6.45, 7) is 12.4. The zero-order valence-electron chi connectivity index (χ0n) is 19.0. The summed E-state index contributed by atoms with van der Waals surface area (Å²) < 4.78 is 8.56. The number of hydrogen-bond acceptors (Lipinski definition) is 4. The molecule has 0 amide bonds. The molecule has 1 fully saturated rings. The number of Topliss-reactive ketones (excluding diaryl/α,β-unsaturated/α-hetero) is 1. The van der Waals surface area contributed by atoms with Gasteiger partial charge in [-0.3, -0.25) is 9.78 Å². The quantitative estimate of drug-likeness (QED) is 0.562. The molecule has 0 bridgehead atoms. The average molecular weight is 426 g/mol. The van der Waals surface area contributed by atoms with Gasteiger partial charge >= 0.3 is 0 Å². The topological polar surface area (TPSA) is 57.0 Å². The first kappa shape index (κ1) is 21.4. The molecule has 2 aromatic rings. The summed E-state index contributed by atoms with van der Waals surface area (Å²) >= 11 is 0. The minimum atomic E-state index is -1.70. The van der Waals surface area contributed by atoms with Crippen LogP contribution < -0.4 is 0 Å². The third-order valence-electron chi connectivity index (χ3n) is 7.61. The second-order valence-corrected chi connectivity index (χ2v) is 15.4. The van der Waals surface area contributed by atoms with Crippen LogP contribution in [0.25, 0.3) is 11.3 Å². The van der Waals surface area contributed by atoms with E-state index in [-0.39, 0.29) is 17.0 Å². The molecule has 4 rings (SSSR count). The summed E-state index contributed by atoms with van der Waals surface area (Å²) in [7, 11) is -1.70. The van der Waals surface area contributed by atoms with Gasteiger partial charge < -0.3 is 8.99 Å². The molecule has 2 aromatic heterocycles. The molecule has 30 heavy (non-hydrogen) atoms. The Balaban J connectivity index is 1.33. The lowest BCUT2D eigenvalue weighted by Crippen LogP contribution is -2.42. The third-order valence-corrected chi connectivity index (χ3v) is 12.1. The SMILES string of the molecule is CC(C)(C)[Si](C)(C)OCC1CCC(C(=O)CC2c3ncccc3-c3cncn32)CC1. The van der Waals surface area contributed by atoms with Crippen LogP contribution in [0.2, 0.25) is 18.1 Å². The lowest BCUT2D eigenvalue weighted by molar-refractivity contribution is -0.124. The Morgan fingerprint density at radius 3 is 2.67 bits per heavy atom. The van der Waals surface area contributed by atoms with Crippen LogP contribution in [0.1, 0.15) is 64.6 Å². The van der Waals surface area contributed by atoms with Gasteiger partial charge in [0.05, 0.1) is 30.0 Å². The summed E-state index contributed by atoms with van der Waals surface area (Å²) in [4.78, 5) is 22.0. The monoisotopic (exact) mass is 425 g/mol. The number of fused-ring (bicyclic) bond motifs is 3. The number of ketones is 1.